The van der Waals surface area contributed by atoms with Crippen molar-refractivity contribution in [2.45, 2.75) is 26.2 Å². The van der Waals surface area contributed by atoms with Crippen molar-refractivity contribution in [3.05, 3.63) is 53.2 Å². The number of aryl methyl sites for hydroxylation is 1. The van der Waals surface area contributed by atoms with Crippen LogP contribution in [-0.4, -0.2) is 39.9 Å². The second-order valence-electron chi connectivity index (χ2n) is 7.34. The quantitative estimate of drug-likeness (QED) is 0.606. The summed E-state index contributed by atoms with van der Waals surface area (Å²) in [6.07, 6.45) is 1.36. The number of carbonyl (C=O) groups excluding carboxylic acids is 2. The molecule has 1 aliphatic heterocycles. The van der Waals surface area contributed by atoms with E-state index in [2.05, 4.69) is 10.3 Å². The highest BCUT2D eigenvalue weighted by atomic mass is 32.1. The van der Waals surface area contributed by atoms with E-state index in [1.54, 1.807) is 34.4 Å². The number of rotatable bonds is 5. The summed E-state index contributed by atoms with van der Waals surface area (Å²) < 4.78 is 5.72. The highest BCUT2D eigenvalue weighted by Crippen LogP contribution is 2.27. The molecule has 3 aromatic rings. The van der Waals surface area contributed by atoms with Gasteiger partial charge in [-0.05, 0) is 43.3 Å². The van der Waals surface area contributed by atoms with Crippen LogP contribution in [0.3, 0.4) is 0 Å². The Bertz CT molecular complexity index is 1040. The normalized spacial score (nSPS) is 14.6. The molecule has 2 N–H and O–H groups in total. The number of hydrogen-bond donors (Lipinski definition) is 2. The number of anilines is 1. The summed E-state index contributed by atoms with van der Waals surface area (Å²) in [6, 6.07) is 10.5. The van der Waals surface area contributed by atoms with Gasteiger partial charge in [-0.2, -0.15) is 0 Å². The van der Waals surface area contributed by atoms with Gasteiger partial charge in [-0.1, -0.05) is 18.2 Å². The number of nitrogens with one attached hydrogen (secondary N) is 1. The molecule has 3 heterocycles. The number of aromatic nitrogens is 1. The van der Waals surface area contributed by atoms with Gasteiger partial charge in [0.15, 0.2) is 0 Å². The Labute approximate surface area is 178 Å². The summed E-state index contributed by atoms with van der Waals surface area (Å²) >= 11 is 1.54. The number of hydrogen-bond acceptors (Lipinski definition) is 6. The highest BCUT2D eigenvalue weighted by molar-refractivity contribution is 7.13. The molecule has 2 amide bonds. The highest BCUT2D eigenvalue weighted by Gasteiger charge is 2.28. The fourth-order valence-electron chi connectivity index (χ4n) is 3.56. The van der Waals surface area contributed by atoms with Crippen molar-refractivity contribution in [2.75, 3.05) is 18.4 Å². The van der Waals surface area contributed by atoms with Crippen LogP contribution in [0.1, 0.15) is 24.3 Å². The average Bonchev–Trinajstić information content (AvgIpc) is 3.40. The third-order valence-corrected chi connectivity index (χ3v) is 6.18. The molecule has 1 aromatic carbocycles. The molecule has 8 heteroatoms. The molecule has 0 atom stereocenters. The number of aromatic hydroxyl groups is 1. The number of nitrogens with zero attached hydrogens (tertiary/aromatic N) is 2. The van der Waals surface area contributed by atoms with E-state index in [9.17, 15) is 14.7 Å². The lowest BCUT2D eigenvalue weighted by atomic mass is 9.95. The van der Waals surface area contributed by atoms with E-state index in [0.717, 1.165) is 4.88 Å². The number of para-hydroxylation sites is 2. The zero-order valence-corrected chi connectivity index (χ0v) is 17.4. The maximum atomic E-state index is 12.7. The van der Waals surface area contributed by atoms with Gasteiger partial charge >= 0.3 is 0 Å². The van der Waals surface area contributed by atoms with Crippen LogP contribution < -0.4 is 5.32 Å². The van der Waals surface area contributed by atoms with E-state index >= 15 is 0 Å². The number of amides is 2. The number of oxazole rings is 1. The number of phenols is 1. The first-order valence-corrected chi connectivity index (χ1v) is 10.8. The van der Waals surface area contributed by atoms with Gasteiger partial charge in [0.05, 0.1) is 22.7 Å². The Kier molecular flexibility index (Phi) is 5.85. The van der Waals surface area contributed by atoms with Gasteiger partial charge < -0.3 is 19.7 Å². The van der Waals surface area contributed by atoms with E-state index in [1.165, 1.54) is 6.07 Å². The third kappa shape index (κ3) is 4.38. The van der Waals surface area contributed by atoms with E-state index in [-0.39, 0.29) is 29.9 Å². The summed E-state index contributed by atoms with van der Waals surface area (Å²) in [7, 11) is 0. The molecule has 7 nitrogen and oxygen atoms in total. The lowest BCUT2D eigenvalue weighted by Gasteiger charge is -2.31. The van der Waals surface area contributed by atoms with Gasteiger partial charge in [0.2, 0.25) is 17.7 Å². The molecule has 0 aliphatic carbocycles. The van der Waals surface area contributed by atoms with Crippen molar-refractivity contribution in [3.63, 3.8) is 0 Å². The van der Waals surface area contributed by atoms with Crippen LogP contribution in [0.25, 0.3) is 10.8 Å². The molecule has 0 bridgehead atoms. The Balaban J connectivity index is 1.31. The smallest absolute Gasteiger partial charge is 0.236 e. The molecule has 4 rings (SSSR count). The van der Waals surface area contributed by atoms with Crippen LogP contribution in [0.15, 0.2) is 46.2 Å². The minimum absolute atomic E-state index is 0.0105. The molecule has 156 valence electrons. The first kappa shape index (κ1) is 20.2. The zero-order valence-electron chi connectivity index (χ0n) is 16.6. The van der Waals surface area contributed by atoms with Gasteiger partial charge in [0.1, 0.15) is 11.5 Å². The molecule has 30 heavy (non-hydrogen) atoms. The minimum Gasteiger partial charge on any atom is -0.506 e. The van der Waals surface area contributed by atoms with E-state index < -0.39 is 0 Å². The Hall–Kier alpha value is -3.13. The number of piperidine rings is 1. The number of carbonyl (C=O) groups is 2. The van der Waals surface area contributed by atoms with Crippen LogP contribution in [0.4, 0.5) is 5.69 Å². The van der Waals surface area contributed by atoms with Gasteiger partial charge in [0.25, 0.3) is 0 Å². The molecule has 0 saturated carbocycles. The topological polar surface area (TPSA) is 95.7 Å². The number of thiophene rings is 1. The van der Waals surface area contributed by atoms with Gasteiger partial charge in [-0.25, -0.2) is 4.98 Å². The average molecular weight is 426 g/mol. The number of phenolic OH excluding ortho intramolecular Hbond substituents is 1. The van der Waals surface area contributed by atoms with E-state index in [1.807, 2.05) is 24.4 Å². The summed E-state index contributed by atoms with van der Waals surface area (Å²) in [5.74, 6) is 0.921. The van der Waals surface area contributed by atoms with Gasteiger partial charge in [-0.15, -0.1) is 11.3 Å². The molecule has 0 radical (unpaired) electrons. The largest absolute Gasteiger partial charge is 0.506 e. The summed E-state index contributed by atoms with van der Waals surface area (Å²) in [5.41, 5.74) is 1.06. The second kappa shape index (κ2) is 8.71. The van der Waals surface area contributed by atoms with Gasteiger partial charge in [0, 0.05) is 19.0 Å². The molecule has 1 aliphatic rings. The summed E-state index contributed by atoms with van der Waals surface area (Å²) in [6.45, 7) is 2.86. The summed E-state index contributed by atoms with van der Waals surface area (Å²) in [5, 5.41) is 14.5. The lowest BCUT2D eigenvalue weighted by molar-refractivity contribution is -0.133. The fraction of sp³-hybridized carbons (Fsp3) is 0.318. The molecule has 0 unspecified atom stereocenters. The van der Waals surface area contributed by atoms with Gasteiger partial charge in [-0.3, -0.25) is 9.59 Å². The molecule has 0 spiro atoms. The number of likely N-dealkylation sites (tertiary alicyclic amines) is 1. The van der Waals surface area contributed by atoms with Crippen LogP contribution in [0.5, 0.6) is 5.75 Å². The Morgan fingerprint density at radius 3 is 2.70 bits per heavy atom. The van der Waals surface area contributed by atoms with Crippen molar-refractivity contribution >= 4 is 28.8 Å². The first-order valence-electron chi connectivity index (χ1n) is 9.88. The van der Waals surface area contributed by atoms with Crippen LogP contribution >= 0.6 is 11.3 Å². The molecule has 1 saturated heterocycles. The minimum atomic E-state index is -0.187. The molecule has 1 fully saturated rings. The van der Waals surface area contributed by atoms with Crippen LogP contribution in [0.2, 0.25) is 0 Å². The Morgan fingerprint density at radius 1 is 1.23 bits per heavy atom. The maximum Gasteiger partial charge on any atom is 0.236 e. The van der Waals surface area contributed by atoms with Crippen LogP contribution in [0, 0.1) is 12.8 Å². The lowest BCUT2D eigenvalue weighted by Crippen LogP contribution is -2.42. The number of benzene rings is 1. The summed E-state index contributed by atoms with van der Waals surface area (Å²) in [4.78, 5) is 32.5. The fourth-order valence-corrected chi connectivity index (χ4v) is 4.21. The predicted octanol–water partition coefficient (Wildman–Crippen LogP) is 3.84. The standard InChI is InChI=1S/C22H23N3O4S/c1-14-17(24-22(29-14)19-7-4-12-30-19)13-20(27)25-10-8-15(9-11-25)21(28)23-16-5-2-3-6-18(16)26/h2-7,12,15,26H,8-11,13H2,1H3,(H,23,28). The first-order chi connectivity index (χ1) is 14.5. The van der Waals surface area contributed by atoms with Crippen LogP contribution in [-0.2, 0) is 16.0 Å². The van der Waals surface area contributed by atoms with Crippen molar-refractivity contribution in [2.24, 2.45) is 5.92 Å². The monoisotopic (exact) mass is 425 g/mol. The van der Waals surface area contributed by atoms with Crippen molar-refractivity contribution in [3.8, 4) is 16.5 Å². The van der Waals surface area contributed by atoms with E-state index in [0.29, 0.717) is 49.0 Å². The predicted molar refractivity (Wildman–Crippen MR) is 114 cm³/mol. The molecular weight excluding hydrogens is 402 g/mol. The van der Waals surface area contributed by atoms with Crippen molar-refractivity contribution in [1.82, 2.24) is 9.88 Å². The zero-order chi connectivity index (χ0) is 21.1. The second-order valence-corrected chi connectivity index (χ2v) is 8.29. The Morgan fingerprint density at radius 2 is 2.00 bits per heavy atom. The van der Waals surface area contributed by atoms with E-state index in [4.69, 9.17) is 4.42 Å². The van der Waals surface area contributed by atoms with Crippen molar-refractivity contribution in [1.29, 1.82) is 0 Å². The maximum absolute atomic E-state index is 12.7. The molecule has 2 aromatic heterocycles. The SMILES string of the molecule is Cc1oc(-c2cccs2)nc1CC(=O)N1CCC(C(=O)Nc2ccccc2O)CC1. The van der Waals surface area contributed by atoms with Crippen molar-refractivity contribution < 1.29 is 19.1 Å². The third-order valence-electron chi connectivity index (χ3n) is 5.32. The molecular formula is C22H23N3O4S.